The molecule has 0 saturated heterocycles. The number of aliphatic hydroxyl groups excluding tert-OH is 1. The average Bonchev–Trinajstić information content (AvgIpc) is 2.41. The van der Waals surface area contributed by atoms with E-state index in [1.807, 2.05) is 49.3 Å². The zero-order chi connectivity index (χ0) is 14.1. The highest BCUT2D eigenvalue weighted by Gasteiger charge is 2.13. The number of nitrogens with zero attached hydrogens (tertiary/aromatic N) is 2. The first-order valence-electron chi connectivity index (χ1n) is 6.70. The van der Waals surface area contributed by atoms with Gasteiger partial charge in [-0.3, -0.25) is 4.79 Å². The largest absolute Gasteiger partial charge is 0.396 e. The van der Waals surface area contributed by atoms with Crippen LogP contribution in [0.15, 0.2) is 30.3 Å². The molecule has 0 heterocycles. The molecule has 0 radical (unpaired) electrons. The number of aliphatic hydroxyl groups is 1. The summed E-state index contributed by atoms with van der Waals surface area (Å²) in [7, 11) is 4.00. The topological polar surface area (TPSA) is 43.8 Å². The molecule has 0 saturated carbocycles. The van der Waals surface area contributed by atoms with Crippen molar-refractivity contribution in [2.45, 2.75) is 19.4 Å². The molecule has 1 amide bonds. The predicted octanol–water partition coefficient (Wildman–Crippen LogP) is 1.35. The Balaban J connectivity index is 2.60. The standard InChI is InChI=1S/C15H24N2O2/c1-16(2)10-11-17(15(19)9-6-12-18)13-14-7-4-3-5-8-14/h3-5,7-8,18H,6,9-13H2,1-2H3. The van der Waals surface area contributed by atoms with E-state index in [9.17, 15) is 4.79 Å². The van der Waals surface area contributed by atoms with E-state index in [0.29, 0.717) is 25.9 Å². The lowest BCUT2D eigenvalue weighted by Gasteiger charge is -2.24. The summed E-state index contributed by atoms with van der Waals surface area (Å²) >= 11 is 0. The summed E-state index contributed by atoms with van der Waals surface area (Å²) in [6.45, 7) is 2.27. The fourth-order valence-electron chi connectivity index (χ4n) is 1.80. The minimum absolute atomic E-state index is 0.0681. The van der Waals surface area contributed by atoms with Crippen molar-refractivity contribution in [2.24, 2.45) is 0 Å². The van der Waals surface area contributed by atoms with Crippen LogP contribution in [-0.2, 0) is 11.3 Å². The Hall–Kier alpha value is -1.39. The molecule has 4 heteroatoms. The normalized spacial score (nSPS) is 10.7. The molecular weight excluding hydrogens is 240 g/mol. The lowest BCUT2D eigenvalue weighted by molar-refractivity contribution is -0.132. The molecule has 4 nitrogen and oxygen atoms in total. The maximum Gasteiger partial charge on any atom is 0.222 e. The summed E-state index contributed by atoms with van der Waals surface area (Å²) in [6, 6.07) is 10.0. The number of benzene rings is 1. The number of carbonyl (C=O) groups is 1. The van der Waals surface area contributed by atoms with Gasteiger partial charge >= 0.3 is 0 Å². The number of carbonyl (C=O) groups excluding carboxylic acids is 1. The summed E-state index contributed by atoms with van der Waals surface area (Å²) in [5.41, 5.74) is 1.14. The lowest BCUT2D eigenvalue weighted by Crippen LogP contribution is -2.36. The van der Waals surface area contributed by atoms with E-state index in [-0.39, 0.29) is 12.5 Å². The third-order valence-corrected chi connectivity index (χ3v) is 2.93. The molecule has 19 heavy (non-hydrogen) atoms. The van der Waals surface area contributed by atoms with Crippen molar-refractivity contribution in [3.8, 4) is 0 Å². The van der Waals surface area contributed by atoms with Crippen LogP contribution in [0.3, 0.4) is 0 Å². The monoisotopic (exact) mass is 264 g/mol. The molecule has 0 fully saturated rings. The molecule has 1 rings (SSSR count). The van der Waals surface area contributed by atoms with Crippen molar-refractivity contribution in [2.75, 3.05) is 33.8 Å². The zero-order valence-corrected chi connectivity index (χ0v) is 11.9. The van der Waals surface area contributed by atoms with Crippen LogP contribution in [0, 0.1) is 0 Å². The number of amides is 1. The Morgan fingerprint density at radius 1 is 1.16 bits per heavy atom. The fraction of sp³-hybridized carbons (Fsp3) is 0.533. The van der Waals surface area contributed by atoms with Crippen LogP contribution in [0.2, 0.25) is 0 Å². The van der Waals surface area contributed by atoms with Crippen molar-refractivity contribution in [3.05, 3.63) is 35.9 Å². The van der Waals surface area contributed by atoms with Crippen LogP contribution < -0.4 is 0 Å². The van der Waals surface area contributed by atoms with Gasteiger partial charge in [0.05, 0.1) is 0 Å². The Morgan fingerprint density at radius 3 is 2.42 bits per heavy atom. The molecule has 1 N–H and O–H groups in total. The molecule has 0 unspecified atom stereocenters. The summed E-state index contributed by atoms with van der Waals surface area (Å²) in [6.07, 6.45) is 0.947. The van der Waals surface area contributed by atoms with Crippen molar-refractivity contribution in [1.29, 1.82) is 0 Å². The van der Waals surface area contributed by atoms with Gasteiger partial charge in [0.2, 0.25) is 5.91 Å². The van der Waals surface area contributed by atoms with Gasteiger partial charge in [0.25, 0.3) is 0 Å². The highest BCUT2D eigenvalue weighted by molar-refractivity contribution is 5.76. The SMILES string of the molecule is CN(C)CCN(Cc1ccccc1)C(=O)CCCO. The van der Waals surface area contributed by atoms with Gasteiger partial charge in [0.1, 0.15) is 0 Å². The first kappa shape index (κ1) is 15.7. The molecule has 0 bridgehead atoms. The molecule has 1 aromatic rings. The maximum absolute atomic E-state index is 12.1. The molecule has 0 aromatic heterocycles. The van der Waals surface area contributed by atoms with Gasteiger partial charge in [-0.15, -0.1) is 0 Å². The third kappa shape index (κ3) is 6.36. The maximum atomic E-state index is 12.1. The van der Waals surface area contributed by atoms with Crippen LogP contribution >= 0.6 is 0 Å². The molecule has 0 aliphatic heterocycles. The van der Waals surface area contributed by atoms with Crippen LogP contribution in [-0.4, -0.2) is 54.6 Å². The van der Waals surface area contributed by atoms with Gasteiger partial charge in [-0.2, -0.15) is 0 Å². The van der Waals surface area contributed by atoms with Crippen LogP contribution in [0.5, 0.6) is 0 Å². The second-order valence-electron chi connectivity index (χ2n) is 4.93. The average molecular weight is 264 g/mol. The minimum Gasteiger partial charge on any atom is -0.396 e. The van der Waals surface area contributed by atoms with Crippen molar-refractivity contribution in [3.63, 3.8) is 0 Å². The van der Waals surface area contributed by atoms with Gasteiger partial charge in [-0.05, 0) is 26.1 Å². The first-order valence-corrected chi connectivity index (χ1v) is 6.70. The highest BCUT2D eigenvalue weighted by atomic mass is 16.3. The third-order valence-electron chi connectivity index (χ3n) is 2.93. The fourth-order valence-corrected chi connectivity index (χ4v) is 1.80. The summed E-state index contributed by atoms with van der Waals surface area (Å²) in [5.74, 6) is 0.111. The summed E-state index contributed by atoms with van der Waals surface area (Å²) in [5, 5.41) is 8.83. The van der Waals surface area contributed by atoms with Crippen LogP contribution in [0.4, 0.5) is 0 Å². The number of hydrogen-bond acceptors (Lipinski definition) is 3. The Labute approximate surface area is 115 Å². The molecule has 0 aliphatic carbocycles. The van der Waals surface area contributed by atoms with Gasteiger partial charge in [0, 0.05) is 32.7 Å². The van der Waals surface area contributed by atoms with E-state index in [4.69, 9.17) is 5.11 Å². The molecule has 1 aromatic carbocycles. The van der Waals surface area contributed by atoms with Crippen molar-refractivity contribution < 1.29 is 9.90 Å². The number of likely N-dealkylation sites (N-methyl/N-ethyl adjacent to an activating group) is 1. The van der Waals surface area contributed by atoms with Gasteiger partial charge < -0.3 is 14.9 Å². The predicted molar refractivity (Wildman–Crippen MR) is 76.7 cm³/mol. The van der Waals surface area contributed by atoms with E-state index in [0.717, 1.165) is 12.1 Å². The van der Waals surface area contributed by atoms with Crippen molar-refractivity contribution >= 4 is 5.91 Å². The number of hydrogen-bond donors (Lipinski definition) is 1. The molecule has 0 atom stereocenters. The second-order valence-corrected chi connectivity index (χ2v) is 4.93. The molecule has 106 valence electrons. The van der Waals surface area contributed by atoms with E-state index in [1.165, 1.54) is 0 Å². The van der Waals surface area contributed by atoms with Crippen molar-refractivity contribution in [1.82, 2.24) is 9.80 Å². The zero-order valence-electron chi connectivity index (χ0n) is 11.9. The Morgan fingerprint density at radius 2 is 1.84 bits per heavy atom. The number of rotatable bonds is 8. The van der Waals surface area contributed by atoms with Gasteiger partial charge in [-0.1, -0.05) is 30.3 Å². The minimum atomic E-state index is 0.0681. The summed E-state index contributed by atoms with van der Waals surface area (Å²) < 4.78 is 0. The van der Waals surface area contributed by atoms with E-state index >= 15 is 0 Å². The first-order chi connectivity index (χ1) is 9.13. The van der Waals surface area contributed by atoms with Crippen LogP contribution in [0.1, 0.15) is 18.4 Å². The van der Waals surface area contributed by atoms with Gasteiger partial charge in [0.15, 0.2) is 0 Å². The van der Waals surface area contributed by atoms with E-state index in [2.05, 4.69) is 4.90 Å². The highest BCUT2D eigenvalue weighted by Crippen LogP contribution is 2.07. The quantitative estimate of drug-likeness (QED) is 0.771. The lowest BCUT2D eigenvalue weighted by atomic mass is 10.2. The van der Waals surface area contributed by atoms with Gasteiger partial charge in [-0.25, -0.2) is 0 Å². The Kier molecular flexibility index (Phi) is 7.15. The Bertz CT molecular complexity index is 366. The van der Waals surface area contributed by atoms with E-state index < -0.39 is 0 Å². The molecule has 0 spiro atoms. The van der Waals surface area contributed by atoms with Crippen LogP contribution in [0.25, 0.3) is 0 Å². The second kappa shape index (κ2) is 8.67. The molecular formula is C15H24N2O2. The molecule has 0 aliphatic rings. The summed E-state index contributed by atoms with van der Waals surface area (Å²) in [4.78, 5) is 16.0. The van der Waals surface area contributed by atoms with E-state index in [1.54, 1.807) is 0 Å². The smallest absolute Gasteiger partial charge is 0.222 e.